The number of anilines is 1. The normalized spacial score (nSPS) is 11.3. The van der Waals surface area contributed by atoms with Gasteiger partial charge >= 0.3 is 0 Å². The van der Waals surface area contributed by atoms with Gasteiger partial charge in [0.15, 0.2) is 0 Å². The van der Waals surface area contributed by atoms with Gasteiger partial charge in [-0.2, -0.15) is 8.42 Å². The average molecular weight is 363 g/mol. The second-order valence-electron chi connectivity index (χ2n) is 4.34. The van der Waals surface area contributed by atoms with E-state index in [1.165, 1.54) is 13.2 Å². The summed E-state index contributed by atoms with van der Waals surface area (Å²) in [5, 5.41) is 12.7. The van der Waals surface area contributed by atoms with Crippen LogP contribution < -0.4 is 10.5 Å². The number of hydrogen-bond donors (Lipinski definition) is 3. The molecule has 0 aromatic heterocycles. The molecule has 0 radical (unpaired) electrons. The van der Waals surface area contributed by atoms with Crippen molar-refractivity contribution in [3.63, 3.8) is 0 Å². The smallest absolute Gasteiger partial charge is 0.294 e. The van der Waals surface area contributed by atoms with Crippen LogP contribution in [0.4, 0.5) is 5.69 Å². The molecule has 0 fully saturated rings. The van der Waals surface area contributed by atoms with Gasteiger partial charge in [-0.15, -0.1) is 4.33 Å². The molecule has 0 amide bonds. The number of rotatable bonds is 5. The zero-order chi connectivity index (χ0) is 16.5. The van der Waals surface area contributed by atoms with Crippen LogP contribution in [0.15, 0.2) is 28.0 Å². The lowest BCUT2D eigenvalue weighted by atomic mass is 10.0. The number of fused-ring (bicyclic) bond motifs is 1. The SMILES string of the molecule is C.COc1c(C)c(SOOO)cc2cc(S(=O)(=O)O)cc(N)c12. The topological polar surface area (TPSA) is 128 Å². The Labute approximate surface area is 138 Å². The number of hydrogen-bond acceptors (Lipinski definition) is 8. The number of nitrogen functional groups attached to an aromatic ring is 1. The van der Waals surface area contributed by atoms with Crippen LogP contribution in [0.5, 0.6) is 5.75 Å². The Morgan fingerprint density at radius 2 is 1.91 bits per heavy atom. The summed E-state index contributed by atoms with van der Waals surface area (Å²) >= 11 is 0.706. The molecule has 0 unspecified atom stereocenters. The molecule has 2 rings (SSSR count). The van der Waals surface area contributed by atoms with Crippen molar-refractivity contribution in [1.29, 1.82) is 0 Å². The fourth-order valence-electron chi connectivity index (χ4n) is 2.13. The molecule has 8 nitrogen and oxygen atoms in total. The first-order chi connectivity index (χ1) is 10.3. The van der Waals surface area contributed by atoms with Crippen molar-refractivity contribution >= 4 is 38.6 Å². The third-order valence-corrected chi connectivity index (χ3v) is 4.62. The number of nitrogens with two attached hydrogens (primary N) is 1. The Bertz CT molecular complexity index is 821. The molecule has 0 aliphatic rings. The van der Waals surface area contributed by atoms with Crippen molar-refractivity contribution in [2.24, 2.45) is 0 Å². The van der Waals surface area contributed by atoms with Crippen molar-refractivity contribution in [2.45, 2.75) is 24.1 Å². The lowest BCUT2D eigenvalue weighted by molar-refractivity contribution is -0.432. The molecule has 0 saturated carbocycles. The number of ether oxygens (including phenoxy) is 1. The van der Waals surface area contributed by atoms with E-state index >= 15 is 0 Å². The third-order valence-electron chi connectivity index (χ3n) is 3.05. The van der Waals surface area contributed by atoms with Crippen molar-refractivity contribution in [2.75, 3.05) is 12.8 Å². The first-order valence-electron chi connectivity index (χ1n) is 5.82. The van der Waals surface area contributed by atoms with Gasteiger partial charge in [0, 0.05) is 21.5 Å². The summed E-state index contributed by atoms with van der Waals surface area (Å²) < 4.78 is 41.5. The zero-order valence-electron chi connectivity index (χ0n) is 11.6. The standard InChI is InChI=1S/C12H13NO7S2.CH4/c1-6-10(21-20-19-14)4-7-3-8(22(15,16)17)5-9(13)11(7)12(6)18-2;/h3-5,14H,13H2,1-2H3,(H,15,16,17);1H4. The molecule has 2 aromatic rings. The van der Waals surface area contributed by atoms with Gasteiger partial charge in [0.1, 0.15) is 5.75 Å². The van der Waals surface area contributed by atoms with Gasteiger partial charge in [-0.3, -0.25) is 4.55 Å². The van der Waals surface area contributed by atoms with Crippen LogP contribution >= 0.6 is 12.0 Å². The second-order valence-corrected chi connectivity index (χ2v) is 6.51. The highest BCUT2D eigenvalue weighted by Gasteiger charge is 2.18. The van der Waals surface area contributed by atoms with Crippen LogP contribution in [0.2, 0.25) is 0 Å². The molecule has 10 heteroatoms. The Morgan fingerprint density at radius 1 is 1.26 bits per heavy atom. The number of benzene rings is 2. The molecule has 0 atom stereocenters. The molecule has 4 N–H and O–H groups in total. The van der Waals surface area contributed by atoms with Gasteiger partial charge in [0.2, 0.25) is 0 Å². The summed E-state index contributed by atoms with van der Waals surface area (Å²) in [6.07, 6.45) is 0. The fraction of sp³-hybridized carbons (Fsp3) is 0.231. The minimum Gasteiger partial charge on any atom is -0.496 e. The van der Waals surface area contributed by atoms with Crippen LogP contribution in [-0.4, -0.2) is 25.3 Å². The van der Waals surface area contributed by atoms with Gasteiger partial charge < -0.3 is 10.5 Å². The highest BCUT2D eigenvalue weighted by atomic mass is 32.2. The van der Waals surface area contributed by atoms with Crippen molar-refractivity contribution in [1.82, 2.24) is 0 Å². The molecule has 0 heterocycles. The molecule has 0 bridgehead atoms. The summed E-state index contributed by atoms with van der Waals surface area (Å²) in [5.74, 6) is 0.418. The van der Waals surface area contributed by atoms with Crippen LogP contribution in [0, 0.1) is 6.92 Å². The largest absolute Gasteiger partial charge is 0.496 e. The summed E-state index contributed by atoms with van der Waals surface area (Å²) in [4.78, 5) is 0.170. The van der Waals surface area contributed by atoms with E-state index in [2.05, 4.69) is 9.37 Å². The monoisotopic (exact) mass is 363 g/mol. The van der Waals surface area contributed by atoms with Crippen molar-refractivity contribution in [3.05, 3.63) is 23.8 Å². The molecule has 0 aliphatic heterocycles. The fourth-order valence-corrected chi connectivity index (χ4v) is 3.17. The predicted molar refractivity (Wildman–Crippen MR) is 86.9 cm³/mol. The molecule has 23 heavy (non-hydrogen) atoms. The Hall–Kier alpha value is -1.56. The molecule has 0 spiro atoms. The maximum absolute atomic E-state index is 11.3. The van der Waals surface area contributed by atoms with Crippen molar-refractivity contribution in [3.8, 4) is 5.75 Å². The van der Waals surface area contributed by atoms with E-state index in [9.17, 15) is 8.42 Å². The van der Waals surface area contributed by atoms with Crippen LogP contribution in [0.25, 0.3) is 10.8 Å². The minimum absolute atomic E-state index is 0. The van der Waals surface area contributed by atoms with Gasteiger partial charge in [-0.1, -0.05) is 12.5 Å². The Morgan fingerprint density at radius 3 is 2.43 bits per heavy atom. The van der Waals surface area contributed by atoms with E-state index in [0.29, 0.717) is 39.0 Å². The Kier molecular flexibility index (Phi) is 6.22. The van der Waals surface area contributed by atoms with Gasteiger partial charge in [-0.05, 0) is 30.5 Å². The van der Waals surface area contributed by atoms with Crippen LogP contribution in [0.3, 0.4) is 0 Å². The molecule has 128 valence electrons. The quantitative estimate of drug-likeness (QED) is 0.241. The number of methoxy groups -OCH3 is 1. The van der Waals surface area contributed by atoms with Crippen molar-refractivity contribution < 1.29 is 32.3 Å². The van der Waals surface area contributed by atoms with E-state index in [1.54, 1.807) is 13.0 Å². The maximum atomic E-state index is 11.3. The van der Waals surface area contributed by atoms with E-state index in [4.69, 9.17) is 20.3 Å². The predicted octanol–water partition coefficient (Wildman–Crippen LogP) is 3.05. The van der Waals surface area contributed by atoms with E-state index < -0.39 is 10.1 Å². The summed E-state index contributed by atoms with van der Waals surface area (Å²) in [6, 6.07) is 3.98. The first-order valence-corrected chi connectivity index (χ1v) is 8.00. The van der Waals surface area contributed by atoms with Gasteiger partial charge in [0.05, 0.1) is 24.0 Å². The highest BCUT2D eigenvalue weighted by molar-refractivity contribution is 7.94. The van der Waals surface area contributed by atoms with E-state index in [1.807, 2.05) is 0 Å². The highest BCUT2D eigenvalue weighted by Crippen LogP contribution is 2.40. The third kappa shape index (κ3) is 3.86. The lowest BCUT2D eigenvalue weighted by Gasteiger charge is -2.15. The van der Waals surface area contributed by atoms with E-state index in [0.717, 1.165) is 6.07 Å². The van der Waals surface area contributed by atoms with Gasteiger partial charge in [-0.25, -0.2) is 5.26 Å². The van der Waals surface area contributed by atoms with E-state index in [-0.39, 0.29) is 18.0 Å². The van der Waals surface area contributed by atoms with Crippen LogP contribution in [-0.2, 0) is 19.5 Å². The first kappa shape index (κ1) is 19.5. The maximum Gasteiger partial charge on any atom is 0.294 e. The molecular weight excluding hydrogens is 346 g/mol. The summed E-state index contributed by atoms with van der Waals surface area (Å²) in [6.45, 7) is 1.73. The Balaban J connectivity index is 0.00000264. The summed E-state index contributed by atoms with van der Waals surface area (Å²) in [5.41, 5.74) is 6.69. The summed E-state index contributed by atoms with van der Waals surface area (Å²) in [7, 11) is -2.96. The second kappa shape index (κ2) is 7.34. The van der Waals surface area contributed by atoms with Crippen LogP contribution in [0.1, 0.15) is 13.0 Å². The lowest BCUT2D eigenvalue weighted by Crippen LogP contribution is -2.02. The molecular formula is C13H17NO7S2. The molecule has 0 saturated heterocycles. The minimum atomic E-state index is -4.40. The zero-order valence-corrected chi connectivity index (χ0v) is 13.2. The average Bonchev–Trinajstić information content (AvgIpc) is 2.44. The van der Waals surface area contributed by atoms with Gasteiger partial charge in [0.25, 0.3) is 10.1 Å². The molecule has 0 aliphatic carbocycles. The molecule has 2 aromatic carbocycles.